The maximum atomic E-state index is 6.12. The summed E-state index contributed by atoms with van der Waals surface area (Å²) in [6, 6.07) is 16.1. The van der Waals surface area contributed by atoms with Crippen molar-refractivity contribution in [2.24, 2.45) is 0 Å². The van der Waals surface area contributed by atoms with Crippen molar-refractivity contribution in [2.75, 3.05) is 0 Å². The summed E-state index contributed by atoms with van der Waals surface area (Å²) in [6.07, 6.45) is 0. The summed E-state index contributed by atoms with van der Waals surface area (Å²) in [6.45, 7) is 0. The van der Waals surface area contributed by atoms with Crippen molar-refractivity contribution < 1.29 is 0 Å². The maximum absolute atomic E-state index is 6.12. The van der Waals surface area contributed by atoms with Crippen molar-refractivity contribution in [3.8, 4) is 0 Å². The fraction of sp³-hybridized carbons (Fsp3) is 0. The van der Waals surface area contributed by atoms with E-state index in [0.717, 1.165) is 10.0 Å². The second-order valence-electron chi connectivity index (χ2n) is 3.03. The van der Waals surface area contributed by atoms with E-state index in [0.29, 0.717) is 26.3 Å². The first kappa shape index (κ1) is 12.5. The van der Waals surface area contributed by atoms with Crippen LogP contribution in [0.5, 0.6) is 0 Å². The Balaban J connectivity index is 2.09. The van der Waals surface area contributed by atoms with Crippen molar-refractivity contribution in [3.05, 3.63) is 58.6 Å². The van der Waals surface area contributed by atoms with E-state index >= 15 is 0 Å². The molecule has 0 atom stereocenters. The Labute approximate surface area is 116 Å². The molecule has 2 aromatic carbocycles. The Kier molecular flexibility index (Phi) is 4.78. The van der Waals surface area contributed by atoms with Crippen LogP contribution in [0.2, 0.25) is 10.0 Å². The molecule has 0 amide bonds. The predicted molar refractivity (Wildman–Crippen MR) is 73.7 cm³/mol. The fourth-order valence-corrected chi connectivity index (χ4v) is 9.55. The molecule has 0 radical (unpaired) electrons. The average Bonchev–Trinajstić information content (AvgIpc) is 2.30. The molecule has 0 aliphatic rings. The molecule has 0 aliphatic carbocycles. The second kappa shape index (κ2) is 6.12. The first-order valence-electron chi connectivity index (χ1n) is 4.61. The van der Waals surface area contributed by atoms with E-state index in [1.54, 1.807) is 0 Å². The van der Waals surface area contributed by atoms with Crippen LogP contribution in [0.25, 0.3) is 0 Å². The van der Waals surface area contributed by atoms with Gasteiger partial charge in [0, 0.05) is 0 Å². The molecular weight excluding hydrogens is 373 g/mol. The van der Waals surface area contributed by atoms with Crippen LogP contribution in [0.15, 0.2) is 48.5 Å². The van der Waals surface area contributed by atoms with Gasteiger partial charge in [0.2, 0.25) is 0 Å². The van der Waals surface area contributed by atoms with Crippen LogP contribution >= 0.6 is 23.2 Å². The van der Waals surface area contributed by atoms with E-state index in [1.165, 1.54) is 8.92 Å². The van der Waals surface area contributed by atoms with Gasteiger partial charge in [-0.3, -0.25) is 0 Å². The van der Waals surface area contributed by atoms with E-state index in [1.807, 2.05) is 36.4 Å². The third-order valence-corrected chi connectivity index (χ3v) is 10.3. The Hall–Kier alpha value is 0.0590. The minimum absolute atomic E-state index is 0.399. The molecule has 0 N–H and O–H groups in total. The minimum atomic E-state index is 0.399. The van der Waals surface area contributed by atoms with Crippen LogP contribution < -0.4 is 8.92 Å². The van der Waals surface area contributed by atoms with Gasteiger partial charge in [-0.05, 0) is 0 Å². The quantitative estimate of drug-likeness (QED) is 0.716. The molecule has 2 rings (SSSR count). The molecule has 16 heavy (non-hydrogen) atoms. The first-order chi connectivity index (χ1) is 7.77. The van der Waals surface area contributed by atoms with Gasteiger partial charge in [0.05, 0.1) is 0 Å². The molecule has 0 saturated carbocycles. The van der Waals surface area contributed by atoms with Crippen LogP contribution in [0.3, 0.4) is 0 Å². The second-order valence-corrected chi connectivity index (χ2v) is 10.0. The number of benzene rings is 2. The van der Waals surface area contributed by atoms with Gasteiger partial charge in [-0.2, -0.15) is 0 Å². The van der Waals surface area contributed by atoms with E-state index in [4.69, 9.17) is 23.2 Å². The fourth-order valence-electron chi connectivity index (χ4n) is 1.11. The van der Waals surface area contributed by atoms with E-state index in [9.17, 15) is 0 Å². The summed E-state index contributed by atoms with van der Waals surface area (Å²) in [5.41, 5.74) is 0. The Morgan fingerprint density at radius 3 is 1.38 bits per heavy atom. The van der Waals surface area contributed by atoms with Gasteiger partial charge in [-0.1, -0.05) is 0 Å². The predicted octanol–water partition coefficient (Wildman–Crippen LogP) is 2.27. The van der Waals surface area contributed by atoms with Gasteiger partial charge in [0.1, 0.15) is 0 Å². The summed E-state index contributed by atoms with van der Waals surface area (Å²) in [7, 11) is 0. The molecule has 0 heterocycles. The normalized spacial score (nSPS) is 10.4. The standard InChI is InChI=1S/C12H8Cl2Se2/c13-9-5-1-3-7-11(9)15-16-12-8-4-2-6-10(12)14/h1-8H. The molecular formula is C12H8Cl2Se2. The third kappa shape index (κ3) is 3.27. The number of hydrogen-bond acceptors (Lipinski definition) is 0. The van der Waals surface area contributed by atoms with Crippen molar-refractivity contribution in [1.82, 2.24) is 0 Å². The average molecular weight is 381 g/mol. The van der Waals surface area contributed by atoms with Crippen molar-refractivity contribution >= 4 is 58.4 Å². The number of rotatable bonds is 3. The SMILES string of the molecule is Clc1ccccc1[Se][Se]c1ccccc1Cl. The molecule has 0 unspecified atom stereocenters. The van der Waals surface area contributed by atoms with Gasteiger partial charge in [0.15, 0.2) is 0 Å². The zero-order chi connectivity index (χ0) is 11.4. The molecule has 0 nitrogen and oxygen atoms in total. The summed E-state index contributed by atoms with van der Waals surface area (Å²) in [5, 5.41) is 1.74. The Morgan fingerprint density at radius 1 is 0.625 bits per heavy atom. The van der Waals surface area contributed by atoms with Crippen LogP contribution in [0, 0.1) is 0 Å². The van der Waals surface area contributed by atoms with Crippen molar-refractivity contribution in [3.63, 3.8) is 0 Å². The molecule has 0 aromatic heterocycles. The van der Waals surface area contributed by atoms with Gasteiger partial charge in [-0.25, -0.2) is 0 Å². The number of halogens is 2. The molecule has 0 fully saturated rings. The molecule has 0 aliphatic heterocycles. The van der Waals surface area contributed by atoms with Crippen LogP contribution in [-0.4, -0.2) is 26.3 Å². The molecule has 2 aromatic rings. The van der Waals surface area contributed by atoms with Crippen molar-refractivity contribution in [2.45, 2.75) is 0 Å². The van der Waals surface area contributed by atoms with Crippen LogP contribution in [0.4, 0.5) is 0 Å². The molecule has 0 bridgehead atoms. The van der Waals surface area contributed by atoms with Gasteiger partial charge < -0.3 is 0 Å². The Morgan fingerprint density at radius 2 is 1.00 bits per heavy atom. The molecule has 4 heteroatoms. The zero-order valence-electron chi connectivity index (χ0n) is 8.19. The summed E-state index contributed by atoms with van der Waals surface area (Å²) in [4.78, 5) is 0. The van der Waals surface area contributed by atoms with Crippen molar-refractivity contribution in [1.29, 1.82) is 0 Å². The van der Waals surface area contributed by atoms with Crippen LogP contribution in [-0.2, 0) is 0 Å². The molecule has 0 spiro atoms. The van der Waals surface area contributed by atoms with Crippen LogP contribution in [0.1, 0.15) is 0 Å². The van der Waals surface area contributed by atoms with Gasteiger partial charge in [-0.15, -0.1) is 0 Å². The summed E-state index contributed by atoms with van der Waals surface area (Å²) >= 11 is 13.0. The Bertz CT molecular complexity index is 440. The zero-order valence-corrected chi connectivity index (χ0v) is 13.1. The van der Waals surface area contributed by atoms with Gasteiger partial charge in [0.25, 0.3) is 0 Å². The molecule has 0 saturated heterocycles. The first-order valence-corrected chi connectivity index (χ1v) is 11.4. The number of hydrogen-bond donors (Lipinski definition) is 0. The molecule has 82 valence electrons. The van der Waals surface area contributed by atoms with E-state index in [-0.39, 0.29) is 0 Å². The topological polar surface area (TPSA) is 0 Å². The van der Waals surface area contributed by atoms with E-state index < -0.39 is 0 Å². The monoisotopic (exact) mass is 382 g/mol. The van der Waals surface area contributed by atoms with E-state index in [2.05, 4.69) is 12.1 Å². The summed E-state index contributed by atoms with van der Waals surface area (Å²) < 4.78 is 2.52. The third-order valence-electron chi connectivity index (χ3n) is 1.89. The van der Waals surface area contributed by atoms with Gasteiger partial charge >= 0.3 is 117 Å². The summed E-state index contributed by atoms with van der Waals surface area (Å²) in [5.74, 6) is 0.